The predicted molar refractivity (Wildman–Crippen MR) is 105 cm³/mol. The summed E-state index contributed by atoms with van der Waals surface area (Å²) in [7, 11) is 0. The molecule has 0 unspecified atom stereocenters. The van der Waals surface area contributed by atoms with Gasteiger partial charge in [0.05, 0.1) is 10.7 Å². The van der Waals surface area contributed by atoms with E-state index in [-0.39, 0.29) is 0 Å². The molecule has 0 fully saturated rings. The fraction of sp³-hybridized carbons (Fsp3) is 0.111. The predicted octanol–water partition coefficient (Wildman–Crippen LogP) is 5.03. The van der Waals surface area contributed by atoms with Crippen LogP contribution < -0.4 is 16.4 Å². The van der Waals surface area contributed by atoms with E-state index in [1.165, 1.54) is 11.9 Å². The molecule has 3 rings (SSSR count). The van der Waals surface area contributed by atoms with E-state index in [1.807, 2.05) is 0 Å². The molecule has 0 aliphatic carbocycles. The van der Waals surface area contributed by atoms with E-state index in [1.54, 1.807) is 18.2 Å². The van der Waals surface area contributed by atoms with Gasteiger partial charge in [-0.05, 0) is 30.7 Å². The van der Waals surface area contributed by atoms with E-state index in [2.05, 4.69) is 51.8 Å². The summed E-state index contributed by atoms with van der Waals surface area (Å²) in [6.07, 6.45) is 1.44. The van der Waals surface area contributed by atoms with E-state index >= 15 is 0 Å². The van der Waals surface area contributed by atoms with Crippen molar-refractivity contribution < 1.29 is 0 Å². The molecule has 0 aliphatic rings. The van der Waals surface area contributed by atoms with E-state index in [0.717, 1.165) is 5.56 Å². The van der Waals surface area contributed by atoms with Crippen LogP contribution in [0.5, 0.6) is 0 Å². The minimum absolute atomic E-state index is 0.408. The second-order valence-corrected chi connectivity index (χ2v) is 6.42. The number of nitrogens with zero attached hydrogens (tertiary/aromatic N) is 2. The summed E-state index contributed by atoms with van der Waals surface area (Å²) in [5.74, 6) is 1.02. The lowest BCUT2D eigenvalue weighted by atomic mass is 10.1. The molecule has 0 atom stereocenters. The zero-order valence-corrected chi connectivity index (χ0v) is 15.1. The number of halogens is 2. The molecule has 0 saturated heterocycles. The minimum atomic E-state index is 0.408. The fourth-order valence-corrected chi connectivity index (χ4v) is 2.59. The highest BCUT2D eigenvalue weighted by molar-refractivity contribution is 6.35. The van der Waals surface area contributed by atoms with E-state index in [9.17, 15) is 0 Å². The van der Waals surface area contributed by atoms with Crippen molar-refractivity contribution in [3.63, 3.8) is 0 Å². The van der Waals surface area contributed by atoms with Gasteiger partial charge in [0.1, 0.15) is 12.0 Å². The van der Waals surface area contributed by atoms with Crippen LogP contribution in [0.1, 0.15) is 11.1 Å². The monoisotopic (exact) mass is 373 g/mol. The molecule has 0 radical (unpaired) electrons. The molecule has 5 nitrogen and oxygen atoms in total. The molecule has 0 aliphatic heterocycles. The fourth-order valence-electron chi connectivity index (χ4n) is 2.25. The zero-order valence-electron chi connectivity index (χ0n) is 13.6. The second-order valence-electron chi connectivity index (χ2n) is 5.57. The van der Waals surface area contributed by atoms with Gasteiger partial charge in [0.15, 0.2) is 11.6 Å². The molecule has 25 heavy (non-hydrogen) atoms. The first-order valence-electron chi connectivity index (χ1n) is 7.65. The standard InChI is InChI=1S/C18H17Cl2N5/c1-11-2-4-12(5-3-11)9-22-17-16(21)18(24-10-23-17)25-15-8-13(19)6-7-14(15)20/h2-8,10H,9,21H2,1H3,(H2,22,23,24,25). The van der Waals surface area contributed by atoms with Crippen molar-refractivity contribution in [1.82, 2.24) is 9.97 Å². The Morgan fingerprint density at radius 2 is 1.72 bits per heavy atom. The molecule has 1 heterocycles. The van der Waals surface area contributed by atoms with E-state index < -0.39 is 0 Å². The van der Waals surface area contributed by atoms with Crippen LogP contribution >= 0.6 is 23.2 Å². The van der Waals surface area contributed by atoms with Crippen molar-refractivity contribution in [2.75, 3.05) is 16.4 Å². The average Bonchev–Trinajstić information content (AvgIpc) is 2.60. The van der Waals surface area contributed by atoms with Crippen LogP contribution in [0.3, 0.4) is 0 Å². The molecule has 0 amide bonds. The minimum Gasteiger partial charge on any atom is -0.393 e. The normalized spacial score (nSPS) is 10.5. The molecule has 128 valence electrons. The summed E-state index contributed by atoms with van der Waals surface area (Å²) in [6.45, 7) is 2.66. The lowest BCUT2D eigenvalue weighted by Crippen LogP contribution is -2.08. The quantitative estimate of drug-likeness (QED) is 0.584. The average molecular weight is 374 g/mol. The van der Waals surface area contributed by atoms with Crippen LogP contribution in [-0.2, 0) is 6.54 Å². The number of nitrogens with two attached hydrogens (primary N) is 1. The van der Waals surface area contributed by atoms with E-state index in [0.29, 0.717) is 39.6 Å². The number of aromatic nitrogens is 2. The Hall–Kier alpha value is -2.50. The Balaban J connectivity index is 1.77. The highest BCUT2D eigenvalue weighted by atomic mass is 35.5. The number of rotatable bonds is 5. The van der Waals surface area contributed by atoms with Gasteiger partial charge in [0.2, 0.25) is 0 Å². The number of aryl methyl sites for hydroxylation is 1. The molecular weight excluding hydrogens is 357 g/mol. The maximum absolute atomic E-state index is 6.18. The molecule has 3 aromatic rings. The lowest BCUT2D eigenvalue weighted by molar-refractivity contribution is 1.08. The van der Waals surface area contributed by atoms with Gasteiger partial charge in [-0.3, -0.25) is 0 Å². The maximum atomic E-state index is 6.18. The van der Waals surface area contributed by atoms with Gasteiger partial charge in [-0.2, -0.15) is 0 Å². The van der Waals surface area contributed by atoms with Crippen LogP contribution in [0.2, 0.25) is 10.0 Å². The number of anilines is 4. The highest BCUT2D eigenvalue weighted by Crippen LogP contribution is 2.31. The van der Waals surface area contributed by atoms with Crippen LogP contribution in [0.25, 0.3) is 0 Å². The Morgan fingerprint density at radius 3 is 2.48 bits per heavy atom. The summed E-state index contributed by atoms with van der Waals surface area (Å²) in [4.78, 5) is 8.39. The number of benzene rings is 2. The second kappa shape index (κ2) is 7.59. The maximum Gasteiger partial charge on any atom is 0.159 e. The van der Waals surface area contributed by atoms with E-state index in [4.69, 9.17) is 28.9 Å². The third kappa shape index (κ3) is 4.32. The van der Waals surface area contributed by atoms with Gasteiger partial charge in [0.25, 0.3) is 0 Å². The smallest absolute Gasteiger partial charge is 0.159 e. The first kappa shape index (κ1) is 17.3. The SMILES string of the molecule is Cc1ccc(CNc2ncnc(Nc3cc(Cl)ccc3Cl)c2N)cc1. The molecule has 0 spiro atoms. The molecule has 0 saturated carbocycles. The summed E-state index contributed by atoms with van der Waals surface area (Å²) in [6, 6.07) is 13.4. The van der Waals surface area contributed by atoms with Crippen molar-refractivity contribution in [2.24, 2.45) is 0 Å². The van der Waals surface area contributed by atoms with Crippen LogP contribution in [0.4, 0.5) is 23.0 Å². The molecule has 1 aromatic heterocycles. The lowest BCUT2D eigenvalue weighted by Gasteiger charge is -2.13. The highest BCUT2D eigenvalue weighted by Gasteiger charge is 2.10. The van der Waals surface area contributed by atoms with Crippen molar-refractivity contribution in [3.8, 4) is 0 Å². The largest absolute Gasteiger partial charge is 0.393 e. The van der Waals surface area contributed by atoms with Crippen molar-refractivity contribution in [1.29, 1.82) is 0 Å². The third-order valence-electron chi connectivity index (χ3n) is 3.65. The van der Waals surface area contributed by atoms with Crippen LogP contribution in [-0.4, -0.2) is 9.97 Å². The Labute approximate surface area is 156 Å². The number of nitrogen functional groups attached to an aromatic ring is 1. The summed E-state index contributed by atoms with van der Waals surface area (Å²) >= 11 is 12.2. The summed E-state index contributed by atoms with van der Waals surface area (Å²) in [5, 5.41) is 7.41. The van der Waals surface area contributed by atoms with Crippen LogP contribution in [0.15, 0.2) is 48.8 Å². The molecule has 7 heteroatoms. The third-order valence-corrected chi connectivity index (χ3v) is 4.21. The van der Waals surface area contributed by atoms with Gasteiger partial charge in [-0.1, -0.05) is 53.0 Å². The first-order valence-corrected chi connectivity index (χ1v) is 8.40. The van der Waals surface area contributed by atoms with Crippen LogP contribution in [0, 0.1) is 6.92 Å². The van der Waals surface area contributed by atoms with Gasteiger partial charge in [-0.25, -0.2) is 9.97 Å². The Bertz CT molecular complexity index is 881. The Morgan fingerprint density at radius 1 is 1.00 bits per heavy atom. The molecule has 4 N–H and O–H groups in total. The Kier molecular flexibility index (Phi) is 5.26. The van der Waals surface area contributed by atoms with Gasteiger partial charge >= 0.3 is 0 Å². The van der Waals surface area contributed by atoms with Crippen molar-refractivity contribution >= 4 is 46.2 Å². The summed E-state index contributed by atoms with van der Waals surface area (Å²) < 4.78 is 0. The number of hydrogen-bond donors (Lipinski definition) is 3. The molecule has 2 aromatic carbocycles. The molecule has 0 bridgehead atoms. The topological polar surface area (TPSA) is 75.9 Å². The first-order chi connectivity index (χ1) is 12.0. The number of nitrogens with one attached hydrogen (secondary N) is 2. The van der Waals surface area contributed by atoms with Crippen molar-refractivity contribution in [3.05, 3.63) is 70.0 Å². The molecular formula is C18H17Cl2N5. The van der Waals surface area contributed by atoms with Gasteiger partial charge < -0.3 is 16.4 Å². The van der Waals surface area contributed by atoms with Gasteiger partial charge in [-0.15, -0.1) is 0 Å². The summed E-state index contributed by atoms with van der Waals surface area (Å²) in [5.41, 5.74) is 9.57. The van der Waals surface area contributed by atoms with Gasteiger partial charge in [0, 0.05) is 11.6 Å². The number of hydrogen-bond acceptors (Lipinski definition) is 5. The van der Waals surface area contributed by atoms with Crippen molar-refractivity contribution in [2.45, 2.75) is 13.5 Å². The zero-order chi connectivity index (χ0) is 17.8.